The lowest BCUT2D eigenvalue weighted by atomic mass is 9.75. The molecule has 34 heavy (non-hydrogen) atoms. The number of hydroxylamine groups is 1. The van der Waals surface area contributed by atoms with Crippen molar-refractivity contribution in [3.05, 3.63) is 82.2 Å². The van der Waals surface area contributed by atoms with Gasteiger partial charge >= 0.3 is 5.97 Å². The quantitative estimate of drug-likeness (QED) is 0.404. The van der Waals surface area contributed by atoms with E-state index < -0.39 is 5.97 Å². The van der Waals surface area contributed by atoms with Crippen LogP contribution in [-0.4, -0.2) is 23.4 Å². The number of hydrogen-bond donors (Lipinski definition) is 1. The summed E-state index contributed by atoms with van der Waals surface area (Å²) >= 11 is 0. The minimum Gasteiger partial charge on any atom is -0.341 e. The van der Waals surface area contributed by atoms with E-state index in [1.54, 1.807) is 50.2 Å². The summed E-state index contributed by atoms with van der Waals surface area (Å²) in [4.78, 5) is 53.9. The molecule has 0 radical (unpaired) electrons. The summed E-state index contributed by atoms with van der Waals surface area (Å²) in [5.74, 6) is -1.98. The van der Waals surface area contributed by atoms with Crippen LogP contribution in [0.5, 0.6) is 0 Å². The number of allylic oxidation sites excluding steroid dienone is 2. The van der Waals surface area contributed by atoms with Crippen molar-refractivity contribution in [2.75, 3.05) is 0 Å². The van der Waals surface area contributed by atoms with Crippen LogP contribution in [0, 0.1) is 5.82 Å². The first-order valence-corrected chi connectivity index (χ1v) is 11.5. The Labute approximate surface area is 198 Å². The molecule has 2 aromatic rings. The van der Waals surface area contributed by atoms with Gasteiger partial charge in [-0.3, -0.25) is 14.4 Å². The van der Waals surface area contributed by atoms with Gasteiger partial charge in [-0.15, -0.1) is 0 Å². The molecule has 178 valence electrons. The first-order chi connectivity index (χ1) is 16.3. The van der Waals surface area contributed by atoms with E-state index >= 15 is 0 Å². The van der Waals surface area contributed by atoms with Gasteiger partial charge in [0.25, 0.3) is 5.91 Å². The van der Waals surface area contributed by atoms with Gasteiger partial charge in [0.1, 0.15) is 5.82 Å². The van der Waals surface area contributed by atoms with E-state index in [9.17, 15) is 23.6 Å². The molecule has 2 aromatic carbocycles. The highest BCUT2D eigenvalue weighted by atomic mass is 19.1. The molecular weight excluding hydrogens is 437 g/mol. The van der Waals surface area contributed by atoms with Crippen LogP contribution in [0.25, 0.3) is 0 Å². The molecule has 1 aliphatic rings. The molecular formula is C27H28FNO5. The van der Waals surface area contributed by atoms with Crippen LogP contribution in [0.15, 0.2) is 59.7 Å². The van der Waals surface area contributed by atoms with Crippen LogP contribution >= 0.6 is 0 Å². The van der Waals surface area contributed by atoms with Gasteiger partial charge in [-0.2, -0.15) is 5.48 Å². The number of carbonyl (C=O) groups is 4. The lowest BCUT2D eigenvalue weighted by molar-refractivity contribution is -0.158. The molecule has 1 unspecified atom stereocenters. The predicted molar refractivity (Wildman–Crippen MR) is 125 cm³/mol. The summed E-state index contributed by atoms with van der Waals surface area (Å²) in [6.45, 7) is 3.30. The molecule has 6 nitrogen and oxygen atoms in total. The molecule has 1 atom stereocenters. The third-order valence-electron chi connectivity index (χ3n) is 5.99. The largest absolute Gasteiger partial charge is 0.341 e. The summed E-state index contributed by atoms with van der Waals surface area (Å²) in [7, 11) is 0. The Hall–Kier alpha value is -3.61. The number of amides is 1. The molecule has 0 fully saturated rings. The molecule has 1 aliphatic carbocycles. The Kier molecular flexibility index (Phi) is 8.46. The van der Waals surface area contributed by atoms with Gasteiger partial charge in [0.2, 0.25) is 0 Å². The third-order valence-corrected chi connectivity index (χ3v) is 5.99. The normalized spacial score (nSPS) is 14.0. The van der Waals surface area contributed by atoms with Crippen LogP contribution in [0.2, 0.25) is 0 Å². The van der Waals surface area contributed by atoms with Gasteiger partial charge in [0, 0.05) is 41.0 Å². The van der Waals surface area contributed by atoms with Crippen molar-refractivity contribution in [1.82, 2.24) is 5.48 Å². The summed E-state index contributed by atoms with van der Waals surface area (Å²) in [5, 5.41) is 0. The van der Waals surface area contributed by atoms with Crippen molar-refractivity contribution >= 4 is 23.4 Å². The number of Topliss-reactive ketones (excluding diaryl/α,β-unsaturated/α-hetero) is 2. The predicted octanol–water partition coefficient (Wildman–Crippen LogP) is 5.24. The van der Waals surface area contributed by atoms with Crippen molar-refractivity contribution in [1.29, 1.82) is 0 Å². The zero-order chi connectivity index (χ0) is 24.7. The van der Waals surface area contributed by atoms with Crippen molar-refractivity contribution in [3.63, 3.8) is 0 Å². The fourth-order valence-corrected chi connectivity index (χ4v) is 4.16. The van der Waals surface area contributed by atoms with Gasteiger partial charge in [-0.1, -0.05) is 56.2 Å². The van der Waals surface area contributed by atoms with Gasteiger partial charge in [0.05, 0.1) is 0 Å². The molecule has 3 rings (SSSR count). The number of hydrogen-bond acceptors (Lipinski definition) is 5. The summed E-state index contributed by atoms with van der Waals surface area (Å²) < 4.78 is 13.6. The number of ketones is 2. The number of fused-ring (bicyclic) bond motifs is 1. The fourth-order valence-electron chi connectivity index (χ4n) is 4.16. The average molecular weight is 466 g/mol. The minimum atomic E-state index is -0.507. The summed E-state index contributed by atoms with van der Waals surface area (Å²) in [6.07, 6.45) is 2.88. The third kappa shape index (κ3) is 5.84. The van der Waals surface area contributed by atoms with Crippen molar-refractivity contribution < 1.29 is 28.4 Å². The number of carbonyl (C=O) groups excluding carboxylic acids is 4. The van der Waals surface area contributed by atoms with Crippen LogP contribution in [0.3, 0.4) is 0 Å². The highest BCUT2D eigenvalue weighted by Gasteiger charge is 2.34. The first-order valence-electron chi connectivity index (χ1n) is 11.5. The monoisotopic (exact) mass is 465 g/mol. The summed E-state index contributed by atoms with van der Waals surface area (Å²) in [6, 6.07) is 12.8. The number of halogens is 1. The van der Waals surface area contributed by atoms with Crippen LogP contribution < -0.4 is 5.48 Å². The Balaban J connectivity index is 1.72. The Morgan fingerprint density at radius 3 is 2.24 bits per heavy atom. The molecule has 0 aromatic heterocycles. The molecule has 0 saturated heterocycles. The van der Waals surface area contributed by atoms with Crippen LogP contribution in [0.1, 0.15) is 84.6 Å². The van der Waals surface area contributed by atoms with Crippen molar-refractivity contribution in [3.8, 4) is 0 Å². The molecule has 0 aliphatic heterocycles. The topological polar surface area (TPSA) is 89.5 Å². The lowest BCUT2D eigenvalue weighted by Crippen LogP contribution is -2.26. The number of nitrogens with one attached hydrogen (secondary N) is 1. The number of benzene rings is 2. The Morgan fingerprint density at radius 2 is 1.59 bits per heavy atom. The van der Waals surface area contributed by atoms with E-state index in [4.69, 9.17) is 0 Å². The van der Waals surface area contributed by atoms with E-state index in [0.29, 0.717) is 48.0 Å². The van der Waals surface area contributed by atoms with Crippen molar-refractivity contribution in [2.45, 2.75) is 58.3 Å². The van der Waals surface area contributed by atoms with Crippen LogP contribution in [-0.2, 0) is 14.4 Å². The minimum absolute atomic E-state index is 0.171. The second-order valence-corrected chi connectivity index (χ2v) is 8.30. The standard InChI is InChI=1S/C27H28FNO5/c1-3-24(31)34-29-23(30)12-6-4-5-9-20(18-13-15-19(28)16-14-18)25-17(2)26(32)21-10-7-8-11-22(21)27(25)33/h7-8,10-11,13-16,20H,3-6,9,12H2,1-2H3,(H,29,30). The zero-order valence-electron chi connectivity index (χ0n) is 19.4. The molecule has 0 heterocycles. The molecule has 1 amide bonds. The Morgan fingerprint density at radius 1 is 0.941 bits per heavy atom. The number of unbranched alkanes of at least 4 members (excludes halogenated alkanes) is 2. The maximum atomic E-state index is 13.6. The van der Waals surface area contributed by atoms with Crippen molar-refractivity contribution in [2.24, 2.45) is 0 Å². The van der Waals surface area contributed by atoms with Gasteiger partial charge in [-0.05, 0) is 37.5 Å². The smallest absolute Gasteiger partial charge is 0.331 e. The number of rotatable bonds is 9. The highest BCUT2D eigenvalue weighted by molar-refractivity contribution is 6.27. The zero-order valence-corrected chi connectivity index (χ0v) is 19.4. The van der Waals surface area contributed by atoms with E-state index in [0.717, 1.165) is 5.56 Å². The Bertz CT molecular complexity index is 1120. The second kappa shape index (κ2) is 11.5. The van der Waals surface area contributed by atoms with Gasteiger partial charge < -0.3 is 4.84 Å². The van der Waals surface area contributed by atoms with Gasteiger partial charge in [-0.25, -0.2) is 9.18 Å². The van der Waals surface area contributed by atoms with E-state index in [1.807, 2.05) is 0 Å². The molecule has 0 bridgehead atoms. The van der Waals surface area contributed by atoms with Gasteiger partial charge in [0.15, 0.2) is 11.6 Å². The second-order valence-electron chi connectivity index (χ2n) is 8.30. The van der Waals surface area contributed by atoms with E-state index in [2.05, 4.69) is 10.3 Å². The maximum absolute atomic E-state index is 13.6. The molecule has 0 saturated carbocycles. The fraction of sp³-hybridized carbons (Fsp3) is 0.333. The van der Waals surface area contributed by atoms with Crippen LogP contribution in [0.4, 0.5) is 4.39 Å². The first kappa shape index (κ1) is 25.0. The molecule has 1 N–H and O–H groups in total. The van der Waals surface area contributed by atoms with E-state index in [-0.39, 0.29) is 42.1 Å². The maximum Gasteiger partial charge on any atom is 0.331 e. The molecule has 7 heteroatoms. The summed E-state index contributed by atoms with van der Waals surface area (Å²) in [5.41, 5.74) is 4.54. The lowest BCUT2D eigenvalue weighted by Gasteiger charge is -2.26. The SMILES string of the molecule is CCC(=O)ONC(=O)CCCCCC(C1=C(C)C(=O)c2ccccc2C1=O)c1ccc(F)cc1. The highest BCUT2D eigenvalue weighted by Crippen LogP contribution is 2.38. The average Bonchev–Trinajstić information content (AvgIpc) is 2.85. The molecule has 0 spiro atoms. The van der Waals surface area contributed by atoms with E-state index in [1.165, 1.54) is 12.1 Å².